The second-order valence-corrected chi connectivity index (χ2v) is 5.95. The lowest BCUT2D eigenvalue weighted by atomic mass is 10.0. The monoisotopic (exact) mass is 283 g/mol. The fourth-order valence-electron chi connectivity index (χ4n) is 3.41. The van der Waals surface area contributed by atoms with Gasteiger partial charge in [-0.15, -0.1) is 0 Å². The third-order valence-corrected chi connectivity index (χ3v) is 4.58. The van der Waals surface area contributed by atoms with Crippen LogP contribution in [0.25, 0.3) is 0 Å². The molecule has 2 aliphatic rings. The zero-order valence-electron chi connectivity index (χ0n) is 12.9. The topological polar surface area (TPSA) is 53.6 Å². The predicted molar refractivity (Wildman–Crippen MR) is 79.7 cm³/mol. The Kier molecular flexibility index (Phi) is 6.26. The van der Waals surface area contributed by atoms with Crippen molar-refractivity contribution in [2.24, 2.45) is 0 Å². The Hall–Kier alpha value is -0.650. The fourth-order valence-corrected chi connectivity index (χ4v) is 3.41. The largest absolute Gasteiger partial charge is 0.383 e. The van der Waals surface area contributed by atoms with Gasteiger partial charge >= 0.3 is 0 Å². The van der Waals surface area contributed by atoms with Crippen molar-refractivity contribution in [2.45, 2.75) is 57.2 Å². The first kappa shape index (κ1) is 15.7. The van der Waals surface area contributed by atoms with Crippen LogP contribution in [-0.4, -0.2) is 62.3 Å². The van der Waals surface area contributed by atoms with E-state index in [1.54, 1.807) is 7.11 Å². The van der Waals surface area contributed by atoms with E-state index in [4.69, 9.17) is 4.74 Å². The highest BCUT2D eigenvalue weighted by molar-refractivity contribution is 5.82. The molecule has 2 fully saturated rings. The summed E-state index contributed by atoms with van der Waals surface area (Å²) in [5, 5.41) is 6.55. The van der Waals surface area contributed by atoms with Crippen molar-refractivity contribution in [1.29, 1.82) is 0 Å². The number of rotatable bonds is 6. The van der Waals surface area contributed by atoms with Gasteiger partial charge in [0.2, 0.25) is 5.91 Å². The van der Waals surface area contributed by atoms with E-state index in [1.807, 2.05) is 0 Å². The molecular weight excluding hydrogens is 254 g/mol. The maximum atomic E-state index is 12.5. The van der Waals surface area contributed by atoms with Crippen LogP contribution >= 0.6 is 0 Å². The zero-order valence-corrected chi connectivity index (χ0v) is 12.9. The Morgan fingerprint density at radius 2 is 2.15 bits per heavy atom. The van der Waals surface area contributed by atoms with Crippen LogP contribution in [0.4, 0.5) is 0 Å². The summed E-state index contributed by atoms with van der Waals surface area (Å²) in [5.74, 6) is 0.199. The van der Waals surface area contributed by atoms with E-state index in [9.17, 15) is 4.79 Å². The highest BCUT2D eigenvalue weighted by atomic mass is 16.5. The molecule has 0 aromatic carbocycles. The molecule has 0 aromatic rings. The minimum Gasteiger partial charge on any atom is -0.383 e. The Morgan fingerprint density at radius 1 is 1.40 bits per heavy atom. The van der Waals surface area contributed by atoms with Crippen molar-refractivity contribution in [1.82, 2.24) is 15.5 Å². The van der Waals surface area contributed by atoms with Gasteiger partial charge in [0.25, 0.3) is 0 Å². The molecule has 2 unspecified atom stereocenters. The molecule has 2 heterocycles. The molecule has 20 heavy (non-hydrogen) atoms. The number of piperidine rings is 1. The quantitative estimate of drug-likeness (QED) is 0.755. The molecule has 0 saturated carbocycles. The molecule has 0 bridgehead atoms. The Balaban J connectivity index is 1.90. The lowest BCUT2D eigenvalue weighted by Gasteiger charge is -2.35. The average Bonchev–Trinajstić information content (AvgIpc) is 2.97. The van der Waals surface area contributed by atoms with Gasteiger partial charge in [0.1, 0.15) is 0 Å². The second-order valence-electron chi connectivity index (χ2n) is 5.95. The van der Waals surface area contributed by atoms with E-state index >= 15 is 0 Å². The first-order valence-corrected chi connectivity index (χ1v) is 8.02. The van der Waals surface area contributed by atoms with Crippen molar-refractivity contribution < 1.29 is 9.53 Å². The van der Waals surface area contributed by atoms with Gasteiger partial charge in [-0.3, -0.25) is 9.69 Å². The number of nitrogens with one attached hydrogen (secondary N) is 2. The van der Waals surface area contributed by atoms with Crippen molar-refractivity contribution in [3.05, 3.63) is 0 Å². The number of methoxy groups -OCH3 is 1. The summed E-state index contributed by atoms with van der Waals surface area (Å²) in [6.45, 7) is 5.92. The Morgan fingerprint density at radius 3 is 2.80 bits per heavy atom. The van der Waals surface area contributed by atoms with Crippen LogP contribution in [0.3, 0.4) is 0 Å². The van der Waals surface area contributed by atoms with Gasteiger partial charge in [0.05, 0.1) is 18.7 Å². The van der Waals surface area contributed by atoms with Crippen molar-refractivity contribution >= 4 is 5.91 Å². The molecule has 2 rings (SSSR count). The number of likely N-dealkylation sites (tertiary alicyclic amines) is 1. The SMILES string of the molecule is CCC(COC)NC(=O)C1CCCN1C1CCNCC1. The van der Waals surface area contributed by atoms with Crippen molar-refractivity contribution in [3.8, 4) is 0 Å². The number of amides is 1. The highest BCUT2D eigenvalue weighted by Crippen LogP contribution is 2.24. The molecule has 0 aromatic heterocycles. The lowest BCUT2D eigenvalue weighted by molar-refractivity contribution is -0.127. The van der Waals surface area contributed by atoms with E-state index < -0.39 is 0 Å². The number of carbonyl (C=O) groups excluding carboxylic acids is 1. The molecule has 1 amide bonds. The van der Waals surface area contributed by atoms with Gasteiger partial charge in [-0.2, -0.15) is 0 Å². The predicted octanol–water partition coefficient (Wildman–Crippen LogP) is 0.744. The molecular formula is C15H29N3O2. The number of carbonyl (C=O) groups is 1. The number of ether oxygens (including phenoxy) is 1. The maximum Gasteiger partial charge on any atom is 0.237 e. The third kappa shape index (κ3) is 3.93. The lowest BCUT2D eigenvalue weighted by Crippen LogP contribution is -2.52. The molecule has 2 N–H and O–H groups in total. The van der Waals surface area contributed by atoms with Gasteiger partial charge in [0, 0.05) is 13.2 Å². The van der Waals surface area contributed by atoms with Gasteiger partial charge in [0.15, 0.2) is 0 Å². The Bertz CT molecular complexity index is 305. The minimum absolute atomic E-state index is 0.0732. The third-order valence-electron chi connectivity index (χ3n) is 4.58. The van der Waals surface area contributed by atoms with Crippen LogP contribution < -0.4 is 10.6 Å². The fraction of sp³-hybridized carbons (Fsp3) is 0.933. The molecule has 0 aliphatic carbocycles. The van der Waals surface area contributed by atoms with Crippen LogP contribution in [0.5, 0.6) is 0 Å². The first-order valence-electron chi connectivity index (χ1n) is 8.02. The zero-order chi connectivity index (χ0) is 14.4. The van der Waals surface area contributed by atoms with Crippen LogP contribution in [0.2, 0.25) is 0 Å². The summed E-state index contributed by atoms with van der Waals surface area (Å²) in [6, 6.07) is 0.795. The van der Waals surface area contributed by atoms with Gasteiger partial charge in [-0.05, 0) is 51.7 Å². The second kappa shape index (κ2) is 7.96. The molecule has 2 aliphatic heterocycles. The van der Waals surface area contributed by atoms with Crippen LogP contribution in [0, 0.1) is 0 Å². The standard InChI is InChI=1S/C15H29N3O2/c1-3-12(11-20-2)17-15(19)14-5-4-10-18(14)13-6-8-16-9-7-13/h12-14,16H,3-11H2,1-2H3,(H,17,19). The summed E-state index contributed by atoms with van der Waals surface area (Å²) >= 11 is 0. The summed E-state index contributed by atoms with van der Waals surface area (Å²) in [6.07, 6.45) is 5.39. The van der Waals surface area contributed by atoms with Gasteiger partial charge in [-0.1, -0.05) is 6.92 Å². The maximum absolute atomic E-state index is 12.5. The summed E-state index contributed by atoms with van der Waals surface area (Å²) < 4.78 is 5.16. The summed E-state index contributed by atoms with van der Waals surface area (Å²) in [5.41, 5.74) is 0. The number of hydrogen-bond donors (Lipinski definition) is 2. The molecule has 2 atom stereocenters. The van der Waals surface area contributed by atoms with Crippen LogP contribution in [-0.2, 0) is 9.53 Å². The average molecular weight is 283 g/mol. The van der Waals surface area contributed by atoms with Gasteiger partial charge < -0.3 is 15.4 Å². The van der Waals surface area contributed by atoms with Crippen molar-refractivity contribution in [3.63, 3.8) is 0 Å². The highest BCUT2D eigenvalue weighted by Gasteiger charge is 2.36. The summed E-state index contributed by atoms with van der Waals surface area (Å²) in [7, 11) is 1.69. The number of nitrogens with zero attached hydrogens (tertiary/aromatic N) is 1. The van der Waals surface area contributed by atoms with E-state index in [0.29, 0.717) is 12.6 Å². The molecule has 116 valence electrons. The smallest absolute Gasteiger partial charge is 0.237 e. The van der Waals surface area contributed by atoms with E-state index in [1.165, 1.54) is 12.8 Å². The minimum atomic E-state index is 0.0732. The molecule has 2 saturated heterocycles. The van der Waals surface area contributed by atoms with E-state index in [2.05, 4.69) is 22.5 Å². The number of hydrogen-bond acceptors (Lipinski definition) is 4. The van der Waals surface area contributed by atoms with Gasteiger partial charge in [-0.25, -0.2) is 0 Å². The van der Waals surface area contributed by atoms with Crippen molar-refractivity contribution in [2.75, 3.05) is 33.4 Å². The first-order chi connectivity index (χ1) is 9.76. The van der Waals surface area contributed by atoms with E-state index in [0.717, 1.165) is 38.9 Å². The molecule has 0 spiro atoms. The van der Waals surface area contributed by atoms with Crippen LogP contribution in [0.15, 0.2) is 0 Å². The Labute approximate surface area is 122 Å². The normalized spacial score (nSPS) is 26.6. The molecule has 5 nitrogen and oxygen atoms in total. The molecule has 0 radical (unpaired) electrons. The van der Waals surface area contributed by atoms with Crippen LogP contribution in [0.1, 0.15) is 39.0 Å². The molecule has 5 heteroatoms. The summed E-state index contributed by atoms with van der Waals surface area (Å²) in [4.78, 5) is 15.0. The van der Waals surface area contributed by atoms with E-state index in [-0.39, 0.29) is 18.0 Å².